The van der Waals surface area contributed by atoms with Crippen molar-refractivity contribution in [2.24, 2.45) is 10.8 Å². The van der Waals surface area contributed by atoms with E-state index < -0.39 is 14.1 Å². The fraction of sp³-hybridized carbons (Fsp3) is 0.636. The van der Waals surface area contributed by atoms with Crippen LogP contribution in [0.2, 0.25) is 19.6 Å². The van der Waals surface area contributed by atoms with Crippen LogP contribution < -0.4 is 24.8 Å². The third-order valence-electron chi connectivity index (χ3n) is 4.61. The molecule has 28 heavy (non-hydrogen) atoms. The second-order valence-electron chi connectivity index (χ2n) is 10.4. The zero-order valence-corrected chi connectivity index (χ0v) is 22.9. The van der Waals surface area contributed by atoms with Gasteiger partial charge in [0.2, 0.25) is 0 Å². The molecular formula is C22H35Cl2O2SiTi. The monoisotopic (exact) mass is 477 g/mol. The number of halogens is 2. The number of ether oxygens (including phenoxy) is 1. The SMILES string of the molecule is CC(C)(C)C1=CCC(OC2=[C]([Ti+2])CC=C2)(O[Si](C)(C)C)C(C(C)(C)C)=C1.[Cl-].[Cl-]. The minimum atomic E-state index is -1.84. The summed E-state index contributed by atoms with van der Waals surface area (Å²) in [5.74, 6) is 0.272. The van der Waals surface area contributed by atoms with Crippen LogP contribution in [0.25, 0.3) is 0 Å². The molecule has 0 saturated carbocycles. The van der Waals surface area contributed by atoms with Crippen LogP contribution in [0.3, 0.4) is 0 Å². The van der Waals surface area contributed by atoms with Gasteiger partial charge in [-0.25, -0.2) is 0 Å². The summed E-state index contributed by atoms with van der Waals surface area (Å²) in [6.45, 7) is 20.3. The van der Waals surface area contributed by atoms with Crippen LogP contribution in [0, 0.1) is 10.8 Å². The maximum absolute atomic E-state index is 6.81. The Morgan fingerprint density at radius 1 is 1.00 bits per heavy atom. The smallest absolute Gasteiger partial charge is 1.00 e. The fourth-order valence-corrected chi connectivity index (χ4v) is 5.07. The third kappa shape index (κ3) is 6.89. The molecule has 0 aromatic carbocycles. The quantitative estimate of drug-likeness (QED) is 0.436. The summed E-state index contributed by atoms with van der Waals surface area (Å²) in [7, 11) is -1.84. The maximum atomic E-state index is 6.81. The standard InChI is InChI=1S/C22H35O2Si.2ClH.Ti/c1-20(2,3)17-14-15-22(24-25(7,8)9,19(16-17)21(4,5)6)23-18-12-10-11-13-18;;;/h10,12,14,16H,11,15H2,1-9H3;2*1H;/q;;;+2/p-2. The second kappa shape index (κ2) is 9.58. The normalized spacial score (nSPS) is 23.0. The van der Waals surface area contributed by atoms with E-state index in [0.717, 1.165) is 18.6 Å². The molecule has 0 aliphatic heterocycles. The Labute approximate surface area is 197 Å². The van der Waals surface area contributed by atoms with Gasteiger partial charge in [0, 0.05) is 0 Å². The van der Waals surface area contributed by atoms with E-state index in [0.29, 0.717) is 0 Å². The van der Waals surface area contributed by atoms with Crippen LogP contribution in [0.5, 0.6) is 0 Å². The summed E-state index contributed by atoms with van der Waals surface area (Å²) in [6.07, 6.45) is 10.7. The van der Waals surface area contributed by atoms with Crippen molar-refractivity contribution in [1.29, 1.82) is 0 Å². The van der Waals surface area contributed by atoms with Gasteiger partial charge in [-0.1, -0.05) is 0 Å². The Balaban J connectivity index is 0.00000364. The zero-order chi connectivity index (χ0) is 20.0. The van der Waals surface area contributed by atoms with Gasteiger partial charge in [-0.05, 0) is 0 Å². The molecule has 0 spiro atoms. The minimum Gasteiger partial charge on any atom is -1.00 e. The molecule has 157 valence electrons. The average Bonchev–Trinajstić information content (AvgIpc) is 2.79. The molecule has 6 heteroatoms. The van der Waals surface area contributed by atoms with Crippen LogP contribution >= 0.6 is 0 Å². The average molecular weight is 478 g/mol. The Morgan fingerprint density at radius 2 is 1.57 bits per heavy atom. The number of rotatable bonds is 4. The number of allylic oxidation sites excluding steroid dienone is 5. The van der Waals surface area contributed by atoms with E-state index in [2.05, 4.69) is 106 Å². The van der Waals surface area contributed by atoms with Crippen molar-refractivity contribution >= 4 is 8.32 Å². The molecule has 0 heterocycles. The Bertz CT molecular complexity index is 689. The molecule has 0 amide bonds. The molecule has 0 fully saturated rings. The van der Waals surface area contributed by atoms with Crippen LogP contribution in [-0.4, -0.2) is 14.1 Å². The molecule has 0 N–H and O–H groups in total. The van der Waals surface area contributed by atoms with Gasteiger partial charge in [0.15, 0.2) is 0 Å². The maximum Gasteiger partial charge on any atom is -1.00 e. The Hall–Kier alpha value is 0.231. The summed E-state index contributed by atoms with van der Waals surface area (Å²) >= 11 is 2.15. The van der Waals surface area contributed by atoms with Gasteiger partial charge in [0.05, 0.1) is 0 Å². The van der Waals surface area contributed by atoms with Crippen LogP contribution in [0.1, 0.15) is 54.4 Å². The first-order valence-corrected chi connectivity index (χ1v) is 13.8. The molecule has 1 atom stereocenters. The van der Waals surface area contributed by atoms with Gasteiger partial charge < -0.3 is 24.8 Å². The van der Waals surface area contributed by atoms with E-state index in [-0.39, 0.29) is 35.6 Å². The summed E-state index contributed by atoms with van der Waals surface area (Å²) in [4.78, 5) is 0. The molecule has 0 saturated heterocycles. The summed E-state index contributed by atoms with van der Waals surface area (Å²) in [5.41, 5.74) is 2.69. The predicted octanol–water partition coefficient (Wildman–Crippen LogP) is 0.626. The van der Waals surface area contributed by atoms with Crippen molar-refractivity contribution in [2.45, 2.75) is 79.8 Å². The number of hydrogen-bond acceptors (Lipinski definition) is 2. The van der Waals surface area contributed by atoms with Gasteiger partial charge in [-0.2, -0.15) is 0 Å². The zero-order valence-electron chi connectivity index (χ0n) is 18.8. The van der Waals surface area contributed by atoms with Crippen molar-refractivity contribution in [3.63, 3.8) is 0 Å². The van der Waals surface area contributed by atoms with Crippen molar-refractivity contribution in [3.05, 3.63) is 45.1 Å². The van der Waals surface area contributed by atoms with Gasteiger partial charge in [0.1, 0.15) is 0 Å². The largest absolute Gasteiger partial charge is 1.00 e. The molecule has 0 aromatic rings. The first-order chi connectivity index (χ1) is 11.6. The first kappa shape index (κ1) is 28.2. The molecule has 2 aliphatic rings. The fourth-order valence-electron chi connectivity index (χ4n) is 3.46. The van der Waals surface area contributed by atoms with Gasteiger partial charge in [-0.3, -0.25) is 0 Å². The first-order valence-electron chi connectivity index (χ1n) is 9.58. The Kier molecular flexibility index (Phi) is 9.66. The van der Waals surface area contributed by atoms with Crippen LogP contribution in [0.4, 0.5) is 0 Å². The minimum absolute atomic E-state index is 0. The van der Waals surface area contributed by atoms with Gasteiger partial charge in [-0.15, -0.1) is 0 Å². The molecule has 1 unspecified atom stereocenters. The second-order valence-corrected chi connectivity index (χ2v) is 15.8. The van der Waals surface area contributed by atoms with Gasteiger partial charge >= 0.3 is 174 Å². The van der Waals surface area contributed by atoms with E-state index in [1.807, 2.05) is 0 Å². The van der Waals surface area contributed by atoms with Crippen molar-refractivity contribution in [3.8, 4) is 0 Å². The Morgan fingerprint density at radius 3 is 1.96 bits per heavy atom. The topological polar surface area (TPSA) is 18.5 Å². The van der Waals surface area contributed by atoms with Crippen LogP contribution in [-0.2, 0) is 29.6 Å². The molecule has 2 rings (SSSR count). The molecule has 2 aliphatic carbocycles. The predicted molar refractivity (Wildman–Crippen MR) is 109 cm³/mol. The van der Waals surface area contributed by atoms with Gasteiger partial charge in [0.25, 0.3) is 0 Å². The third-order valence-corrected chi connectivity index (χ3v) is 6.26. The van der Waals surface area contributed by atoms with E-state index in [1.165, 1.54) is 15.0 Å². The van der Waals surface area contributed by atoms with Crippen LogP contribution in [0.15, 0.2) is 45.1 Å². The van der Waals surface area contributed by atoms with Crippen molar-refractivity contribution in [1.82, 2.24) is 0 Å². The van der Waals surface area contributed by atoms with E-state index in [1.54, 1.807) is 0 Å². The molecule has 0 radical (unpaired) electrons. The molecule has 2 nitrogen and oxygen atoms in total. The van der Waals surface area contributed by atoms with E-state index in [4.69, 9.17) is 9.16 Å². The van der Waals surface area contributed by atoms with Crippen molar-refractivity contribution in [2.75, 3.05) is 0 Å². The molecule has 0 aromatic heterocycles. The summed E-state index contributed by atoms with van der Waals surface area (Å²) in [6, 6.07) is 0. The van der Waals surface area contributed by atoms with Crippen molar-refractivity contribution < 1.29 is 54.4 Å². The summed E-state index contributed by atoms with van der Waals surface area (Å²) < 4.78 is 14.8. The summed E-state index contributed by atoms with van der Waals surface area (Å²) in [5, 5.41) is 0. The van der Waals surface area contributed by atoms with E-state index in [9.17, 15) is 0 Å². The molecular weight excluding hydrogens is 443 g/mol. The molecule has 0 bridgehead atoms. The number of hydrogen-bond donors (Lipinski definition) is 0. The van der Waals surface area contributed by atoms with E-state index >= 15 is 0 Å².